The first-order valence-electron chi connectivity index (χ1n) is 8.68. The Morgan fingerprint density at radius 3 is 2.03 bits per heavy atom. The molecule has 0 saturated heterocycles. The normalized spacial score (nSPS) is 9.83. The maximum Gasteiger partial charge on any atom is 0.338 e. The molecule has 0 saturated carbocycles. The minimum Gasteiger partial charge on any atom is -0.457 e. The smallest absolute Gasteiger partial charge is 0.338 e. The molecule has 0 aromatic heterocycles. The lowest BCUT2D eigenvalue weighted by molar-refractivity contribution is 0.0474. The van der Waals surface area contributed by atoms with E-state index in [1.165, 1.54) is 24.3 Å². The number of ketones is 1. The lowest BCUT2D eigenvalue weighted by Crippen LogP contribution is -2.14. The summed E-state index contributed by atoms with van der Waals surface area (Å²) in [5.41, 5.74) is 1.12. The molecule has 0 fully saturated rings. The van der Waals surface area contributed by atoms with Gasteiger partial charge in [0.25, 0.3) is 0 Å². The molecule has 0 atom stereocenters. The van der Waals surface area contributed by atoms with Gasteiger partial charge in [0, 0.05) is 10.6 Å². The van der Waals surface area contributed by atoms with Crippen molar-refractivity contribution in [3.8, 4) is 23.6 Å². The van der Waals surface area contributed by atoms with Crippen LogP contribution in [0.15, 0.2) is 66.7 Å². The van der Waals surface area contributed by atoms with Crippen LogP contribution in [0.5, 0.6) is 11.5 Å². The number of halogens is 1. The second kappa shape index (κ2) is 9.38. The summed E-state index contributed by atoms with van der Waals surface area (Å²) in [4.78, 5) is 24.2. The molecule has 3 aromatic carbocycles. The number of ether oxygens (including phenoxy) is 2. The van der Waals surface area contributed by atoms with E-state index < -0.39 is 5.97 Å². The van der Waals surface area contributed by atoms with Gasteiger partial charge < -0.3 is 9.47 Å². The van der Waals surface area contributed by atoms with Crippen molar-refractivity contribution in [2.75, 3.05) is 6.61 Å². The van der Waals surface area contributed by atoms with Crippen LogP contribution in [0.4, 0.5) is 0 Å². The molecule has 0 heterocycles. The molecule has 0 aliphatic rings. The number of nitrogens with zero attached hydrogens (tertiary/aromatic N) is 2. The number of benzene rings is 3. The molecule has 0 bridgehead atoms. The third-order valence-corrected chi connectivity index (χ3v) is 4.31. The highest BCUT2D eigenvalue weighted by molar-refractivity contribution is 6.30. The molecule has 7 heteroatoms. The summed E-state index contributed by atoms with van der Waals surface area (Å²) in [6.07, 6.45) is 0. The monoisotopic (exact) mass is 416 g/mol. The van der Waals surface area contributed by atoms with Crippen molar-refractivity contribution in [2.24, 2.45) is 0 Å². The van der Waals surface area contributed by atoms with Crippen molar-refractivity contribution in [3.05, 3.63) is 94.0 Å². The van der Waals surface area contributed by atoms with Crippen LogP contribution in [-0.4, -0.2) is 18.4 Å². The lowest BCUT2D eigenvalue weighted by atomic mass is 10.1. The van der Waals surface area contributed by atoms with Crippen LogP contribution in [0.25, 0.3) is 0 Å². The van der Waals surface area contributed by atoms with Crippen molar-refractivity contribution < 1.29 is 19.1 Å². The van der Waals surface area contributed by atoms with Gasteiger partial charge in [0.1, 0.15) is 23.6 Å². The van der Waals surface area contributed by atoms with E-state index in [2.05, 4.69) is 0 Å². The van der Waals surface area contributed by atoms with Crippen molar-refractivity contribution in [3.63, 3.8) is 0 Å². The first-order valence-corrected chi connectivity index (χ1v) is 9.06. The van der Waals surface area contributed by atoms with Crippen LogP contribution in [0.2, 0.25) is 5.02 Å². The van der Waals surface area contributed by atoms with Gasteiger partial charge in [0.2, 0.25) is 0 Å². The molecular weight excluding hydrogens is 404 g/mol. The number of hydrogen-bond acceptors (Lipinski definition) is 6. The second-order valence-electron chi connectivity index (χ2n) is 6.06. The van der Waals surface area contributed by atoms with Gasteiger partial charge in [-0.15, -0.1) is 0 Å². The van der Waals surface area contributed by atoms with Crippen LogP contribution in [-0.2, 0) is 4.74 Å². The zero-order valence-corrected chi connectivity index (χ0v) is 16.2. The van der Waals surface area contributed by atoms with Crippen LogP contribution >= 0.6 is 11.6 Å². The Bertz CT molecular complexity index is 1170. The SMILES string of the molecule is N#Cc1ccc(Oc2ccc(C(=O)OCC(=O)c3ccc(Cl)cc3)cc2)cc1C#N. The fraction of sp³-hybridized carbons (Fsp3) is 0.0435. The average molecular weight is 417 g/mol. The molecule has 0 amide bonds. The van der Waals surface area contributed by atoms with Gasteiger partial charge in [-0.05, 0) is 66.7 Å². The molecule has 30 heavy (non-hydrogen) atoms. The van der Waals surface area contributed by atoms with E-state index >= 15 is 0 Å². The third-order valence-electron chi connectivity index (χ3n) is 4.06. The van der Waals surface area contributed by atoms with E-state index in [-0.39, 0.29) is 29.1 Å². The van der Waals surface area contributed by atoms with Crippen molar-refractivity contribution in [1.29, 1.82) is 10.5 Å². The molecule has 146 valence electrons. The quantitative estimate of drug-likeness (QED) is 0.417. The molecule has 3 aromatic rings. The van der Waals surface area contributed by atoms with E-state index in [1.54, 1.807) is 42.5 Å². The van der Waals surface area contributed by atoms with Gasteiger partial charge in [-0.2, -0.15) is 10.5 Å². The maximum atomic E-state index is 12.2. The average Bonchev–Trinajstić information content (AvgIpc) is 2.78. The first kappa shape index (κ1) is 20.6. The van der Waals surface area contributed by atoms with E-state index in [0.29, 0.717) is 22.1 Å². The molecule has 0 N–H and O–H groups in total. The number of carbonyl (C=O) groups is 2. The van der Waals surface area contributed by atoms with Crippen LogP contribution in [0.1, 0.15) is 31.8 Å². The highest BCUT2D eigenvalue weighted by Gasteiger charge is 2.12. The highest BCUT2D eigenvalue weighted by Crippen LogP contribution is 2.24. The fourth-order valence-electron chi connectivity index (χ4n) is 2.51. The Morgan fingerprint density at radius 1 is 0.800 bits per heavy atom. The molecule has 3 rings (SSSR count). The van der Waals surface area contributed by atoms with Crippen LogP contribution in [0, 0.1) is 22.7 Å². The standard InChI is InChI=1S/C23H13ClN2O4/c24-19-6-1-15(2-7-19)22(27)14-29-23(28)16-3-8-20(9-4-16)30-21-10-5-17(12-25)18(11-21)13-26/h1-11H,14H2. The summed E-state index contributed by atoms with van der Waals surface area (Å²) in [6.45, 7) is -0.388. The van der Waals surface area contributed by atoms with Gasteiger partial charge >= 0.3 is 5.97 Å². The number of rotatable bonds is 6. The third kappa shape index (κ3) is 5.02. The zero-order chi connectivity index (χ0) is 21.5. The van der Waals surface area contributed by atoms with Gasteiger partial charge in [-0.1, -0.05) is 11.6 Å². The summed E-state index contributed by atoms with van der Waals surface area (Å²) in [5.74, 6) is -0.171. The Morgan fingerprint density at radius 2 is 1.40 bits per heavy atom. The van der Waals surface area contributed by atoms with Crippen LogP contribution in [0.3, 0.4) is 0 Å². The summed E-state index contributed by atoms with van der Waals surface area (Å²) in [7, 11) is 0. The van der Waals surface area contributed by atoms with E-state index in [4.69, 9.17) is 31.6 Å². The molecule has 0 aliphatic carbocycles. The molecule has 6 nitrogen and oxygen atoms in total. The number of Topliss-reactive ketones (excluding diaryl/α,β-unsaturated/α-hetero) is 1. The minimum atomic E-state index is -0.644. The van der Waals surface area contributed by atoms with E-state index in [0.717, 1.165) is 0 Å². The molecule has 0 unspecified atom stereocenters. The Labute approximate surface area is 177 Å². The van der Waals surface area contributed by atoms with Crippen molar-refractivity contribution in [1.82, 2.24) is 0 Å². The van der Waals surface area contributed by atoms with Gasteiger partial charge in [-0.3, -0.25) is 4.79 Å². The Balaban J connectivity index is 1.60. The van der Waals surface area contributed by atoms with Gasteiger partial charge in [-0.25, -0.2) is 4.79 Å². The Kier molecular flexibility index (Phi) is 6.44. The predicted octanol–water partition coefficient (Wildman–Crippen LogP) is 4.92. The largest absolute Gasteiger partial charge is 0.457 e. The number of carbonyl (C=O) groups excluding carboxylic acids is 2. The molecule has 0 radical (unpaired) electrons. The zero-order valence-electron chi connectivity index (χ0n) is 15.5. The van der Waals surface area contributed by atoms with Crippen molar-refractivity contribution in [2.45, 2.75) is 0 Å². The topological polar surface area (TPSA) is 100 Å². The fourth-order valence-corrected chi connectivity index (χ4v) is 2.63. The predicted molar refractivity (Wildman–Crippen MR) is 108 cm³/mol. The van der Waals surface area contributed by atoms with Crippen molar-refractivity contribution >= 4 is 23.4 Å². The summed E-state index contributed by atoms with van der Waals surface area (Å²) in [5, 5.41) is 18.5. The molecule has 0 spiro atoms. The minimum absolute atomic E-state index is 0.209. The Hall–Kier alpha value is -4.13. The van der Waals surface area contributed by atoms with Gasteiger partial charge in [0.15, 0.2) is 12.4 Å². The summed E-state index contributed by atoms with van der Waals surface area (Å²) < 4.78 is 10.7. The van der Waals surface area contributed by atoms with E-state index in [1.807, 2.05) is 12.1 Å². The van der Waals surface area contributed by atoms with E-state index in [9.17, 15) is 9.59 Å². The summed E-state index contributed by atoms with van der Waals surface area (Å²) >= 11 is 5.78. The second-order valence-corrected chi connectivity index (χ2v) is 6.50. The first-order chi connectivity index (χ1) is 14.5. The lowest BCUT2D eigenvalue weighted by Gasteiger charge is -2.08. The molecular formula is C23H13ClN2O4. The maximum absolute atomic E-state index is 12.2. The van der Waals surface area contributed by atoms with Crippen LogP contribution < -0.4 is 4.74 Å². The van der Waals surface area contributed by atoms with Gasteiger partial charge in [0.05, 0.1) is 16.7 Å². The number of nitriles is 2. The molecule has 0 aliphatic heterocycles. The summed E-state index contributed by atoms with van der Waals surface area (Å²) in [6, 6.07) is 20.8. The number of esters is 1. The number of hydrogen-bond donors (Lipinski definition) is 0. The highest BCUT2D eigenvalue weighted by atomic mass is 35.5.